The molecule has 40 heavy (non-hydrogen) atoms. The molecule has 1 amide bonds. The first-order valence-corrected chi connectivity index (χ1v) is 14.7. The topological polar surface area (TPSA) is 103 Å². The van der Waals surface area contributed by atoms with Crippen LogP contribution in [0.2, 0.25) is 5.02 Å². The van der Waals surface area contributed by atoms with Crippen LogP contribution in [0.25, 0.3) is 4.91 Å². The summed E-state index contributed by atoms with van der Waals surface area (Å²) < 4.78 is 17.5. The number of anilines is 1. The van der Waals surface area contributed by atoms with E-state index < -0.39 is 16.8 Å². The van der Waals surface area contributed by atoms with Gasteiger partial charge in [-0.25, -0.2) is 0 Å². The van der Waals surface area contributed by atoms with Gasteiger partial charge >= 0.3 is 5.97 Å². The molecule has 2 N–H and O–H groups in total. The van der Waals surface area contributed by atoms with Crippen molar-refractivity contribution in [3.63, 3.8) is 0 Å². The van der Waals surface area contributed by atoms with E-state index in [-0.39, 0.29) is 23.4 Å². The third kappa shape index (κ3) is 4.88. The molecule has 0 radical (unpaired) electrons. The zero-order valence-corrected chi connectivity index (χ0v) is 24.2. The number of rotatable bonds is 9. The first-order chi connectivity index (χ1) is 19.1. The summed E-state index contributed by atoms with van der Waals surface area (Å²) in [5, 5.41) is 0.274. The zero-order chi connectivity index (χ0) is 28.2. The second-order valence-electron chi connectivity index (χ2n) is 11.2. The fraction of sp³-hybridized carbons (Fsp3) is 0.433. The van der Waals surface area contributed by atoms with E-state index in [1.165, 1.54) is 11.8 Å². The van der Waals surface area contributed by atoms with E-state index in [0.29, 0.717) is 34.7 Å². The van der Waals surface area contributed by atoms with Crippen molar-refractivity contribution in [3.8, 4) is 11.5 Å². The Balaban J connectivity index is 1.16. The molecule has 2 aromatic rings. The summed E-state index contributed by atoms with van der Waals surface area (Å²) in [4.78, 5) is 33.1. The minimum absolute atomic E-state index is 0.0529. The molecule has 0 aromatic heterocycles. The third-order valence-corrected chi connectivity index (χ3v) is 10.0. The summed E-state index contributed by atoms with van der Waals surface area (Å²) in [7, 11) is 1.57. The molecule has 4 unspecified atom stereocenters. The van der Waals surface area contributed by atoms with Gasteiger partial charge in [-0.3, -0.25) is 19.5 Å². The number of carbonyl (C=O) groups excluding carboxylic acids is 2. The molecule has 2 saturated carbocycles. The maximum absolute atomic E-state index is 13.7. The highest BCUT2D eigenvalue weighted by Crippen LogP contribution is 2.63. The Morgan fingerprint density at radius 2 is 1.98 bits per heavy atom. The van der Waals surface area contributed by atoms with Crippen LogP contribution in [-0.4, -0.2) is 54.9 Å². The van der Waals surface area contributed by atoms with E-state index in [2.05, 4.69) is 6.08 Å². The number of ether oxygens (including phenoxy) is 3. The highest BCUT2D eigenvalue weighted by molar-refractivity contribution is 8.09. The van der Waals surface area contributed by atoms with Gasteiger partial charge in [-0.05, 0) is 74.9 Å². The van der Waals surface area contributed by atoms with Crippen molar-refractivity contribution in [1.29, 1.82) is 0 Å². The SMILES string of the molecule is COc1cc(N2C=NC3(C)C=C(c4ccc(Cl)cc4)SC3C2=O)ccc1OCC1(C2CC2)CC1OC(=O)[C@H](C)N. The molecule has 2 aromatic carbocycles. The molecule has 0 saturated heterocycles. The Labute approximate surface area is 242 Å². The fourth-order valence-electron chi connectivity index (χ4n) is 5.54. The number of halogens is 1. The zero-order valence-electron chi connectivity index (χ0n) is 22.6. The average molecular weight is 582 g/mol. The lowest BCUT2D eigenvalue weighted by atomic mass is 9.94. The number of esters is 1. The predicted molar refractivity (Wildman–Crippen MR) is 157 cm³/mol. The number of thioether (sulfide) groups is 1. The van der Waals surface area contributed by atoms with Crippen molar-refractivity contribution < 1.29 is 23.8 Å². The van der Waals surface area contributed by atoms with Gasteiger partial charge in [0.25, 0.3) is 0 Å². The lowest BCUT2D eigenvalue weighted by Crippen LogP contribution is -2.50. The molecule has 210 valence electrons. The van der Waals surface area contributed by atoms with Crippen molar-refractivity contribution >= 4 is 52.2 Å². The van der Waals surface area contributed by atoms with E-state index >= 15 is 0 Å². The molecule has 2 fully saturated rings. The lowest BCUT2D eigenvalue weighted by molar-refractivity contribution is -0.147. The van der Waals surface area contributed by atoms with Gasteiger partial charge in [0.1, 0.15) is 22.9 Å². The van der Waals surface area contributed by atoms with Crippen LogP contribution in [0.5, 0.6) is 11.5 Å². The highest BCUT2D eigenvalue weighted by atomic mass is 35.5. The summed E-state index contributed by atoms with van der Waals surface area (Å²) in [6.07, 6.45) is 6.47. The quantitative estimate of drug-likeness (QED) is 0.412. The first-order valence-electron chi connectivity index (χ1n) is 13.4. The minimum atomic E-state index is -0.646. The Kier molecular flexibility index (Phi) is 6.87. The molecule has 8 nitrogen and oxygen atoms in total. The maximum Gasteiger partial charge on any atom is 0.322 e. The highest BCUT2D eigenvalue weighted by Gasteiger charge is 2.65. The van der Waals surface area contributed by atoms with Crippen LogP contribution in [0.1, 0.15) is 38.7 Å². The maximum atomic E-state index is 13.7. The van der Waals surface area contributed by atoms with Crippen LogP contribution in [0.15, 0.2) is 53.5 Å². The fourth-order valence-corrected chi connectivity index (χ4v) is 7.08. The molecule has 10 heteroatoms. The number of hydrogen-bond acceptors (Lipinski definition) is 8. The lowest BCUT2D eigenvalue weighted by Gasteiger charge is -2.34. The third-order valence-electron chi connectivity index (χ3n) is 8.23. The number of carbonyl (C=O) groups is 2. The molecular weight excluding hydrogens is 550 g/mol. The van der Waals surface area contributed by atoms with Crippen molar-refractivity contribution in [2.24, 2.45) is 22.1 Å². The Bertz CT molecular complexity index is 1410. The molecule has 0 bridgehead atoms. The number of benzene rings is 2. The average Bonchev–Trinajstić information content (AvgIpc) is 3.85. The molecule has 2 aliphatic heterocycles. The van der Waals surface area contributed by atoms with Crippen LogP contribution >= 0.6 is 23.4 Å². The van der Waals surface area contributed by atoms with Gasteiger partial charge in [0, 0.05) is 21.4 Å². The minimum Gasteiger partial charge on any atom is -0.493 e. The van der Waals surface area contributed by atoms with E-state index in [4.69, 9.17) is 36.5 Å². The van der Waals surface area contributed by atoms with Gasteiger partial charge < -0.3 is 19.9 Å². The van der Waals surface area contributed by atoms with E-state index in [1.54, 1.807) is 31.3 Å². The van der Waals surface area contributed by atoms with Gasteiger partial charge in [0.15, 0.2) is 11.5 Å². The molecule has 4 aliphatic rings. The van der Waals surface area contributed by atoms with Gasteiger partial charge in [-0.1, -0.05) is 23.7 Å². The summed E-state index contributed by atoms with van der Waals surface area (Å²) in [6.45, 7) is 4.03. The number of nitrogens with zero attached hydrogens (tertiary/aromatic N) is 2. The molecule has 5 atom stereocenters. The summed E-state index contributed by atoms with van der Waals surface area (Å²) >= 11 is 7.58. The van der Waals surface area contributed by atoms with Gasteiger partial charge in [-0.15, -0.1) is 11.8 Å². The Morgan fingerprint density at radius 3 is 2.65 bits per heavy atom. The van der Waals surface area contributed by atoms with Crippen molar-refractivity contribution in [1.82, 2.24) is 0 Å². The van der Waals surface area contributed by atoms with Gasteiger partial charge in [-0.2, -0.15) is 0 Å². The second kappa shape index (κ2) is 10.1. The summed E-state index contributed by atoms with van der Waals surface area (Å²) in [5.74, 6) is 1.14. The number of hydrogen-bond donors (Lipinski definition) is 1. The molecule has 0 spiro atoms. The number of methoxy groups -OCH3 is 1. The number of nitrogens with two attached hydrogens (primary N) is 1. The standard InChI is InChI=1S/C30H32ClN3O5S/c1-17(32)28(36)39-25-14-30(25,19-6-7-19)15-38-22-11-10-21(12-23(22)37-3)34-16-33-29(2)13-24(40-26(29)27(34)35)18-4-8-20(31)9-5-18/h4-5,8-13,16-17,19,25-26H,6-7,14-15,32H2,1-3H3/t17-,25?,26?,29?,30?/m0/s1. The monoisotopic (exact) mass is 581 g/mol. The molecule has 2 heterocycles. The smallest absolute Gasteiger partial charge is 0.322 e. The first kappa shape index (κ1) is 27.2. The second-order valence-corrected chi connectivity index (χ2v) is 12.8. The Morgan fingerprint density at radius 1 is 1.23 bits per heavy atom. The Hall–Kier alpha value is -3.01. The van der Waals surface area contributed by atoms with Crippen molar-refractivity contribution in [3.05, 3.63) is 59.1 Å². The normalized spacial score (nSPS) is 29.5. The number of fused-ring (bicyclic) bond motifs is 1. The van der Waals surface area contributed by atoms with Gasteiger partial charge in [0.2, 0.25) is 5.91 Å². The molecular formula is C30H32ClN3O5S. The van der Waals surface area contributed by atoms with Crippen LogP contribution in [-0.2, 0) is 14.3 Å². The van der Waals surface area contributed by atoms with Gasteiger partial charge in [0.05, 0.1) is 25.7 Å². The van der Waals surface area contributed by atoms with E-state index in [0.717, 1.165) is 29.7 Å². The van der Waals surface area contributed by atoms with Crippen LogP contribution in [0.3, 0.4) is 0 Å². The van der Waals surface area contributed by atoms with Crippen LogP contribution in [0, 0.1) is 11.3 Å². The molecule has 2 aliphatic carbocycles. The number of aliphatic imine (C=N–C) groups is 1. The van der Waals surface area contributed by atoms with Crippen LogP contribution in [0.4, 0.5) is 5.69 Å². The van der Waals surface area contributed by atoms with Crippen LogP contribution < -0.4 is 20.1 Å². The van der Waals surface area contributed by atoms with E-state index in [1.807, 2.05) is 43.3 Å². The summed E-state index contributed by atoms with van der Waals surface area (Å²) in [5.41, 5.74) is 6.53. The van der Waals surface area contributed by atoms with Crippen molar-refractivity contribution in [2.45, 2.75) is 56.0 Å². The van der Waals surface area contributed by atoms with Crippen molar-refractivity contribution in [2.75, 3.05) is 18.6 Å². The largest absolute Gasteiger partial charge is 0.493 e. The molecule has 6 rings (SSSR count). The van der Waals surface area contributed by atoms with E-state index in [9.17, 15) is 9.59 Å². The predicted octanol–water partition coefficient (Wildman–Crippen LogP) is 5.08. The number of amides is 1. The summed E-state index contributed by atoms with van der Waals surface area (Å²) in [6, 6.07) is 12.4.